The third-order valence-electron chi connectivity index (χ3n) is 2.33. The standard InChI is InChI=1S/C10H17NO5/c1-9(2,3)16-8(14)11(7(12)13)5-10(4,15)6-11/h15H,5-6H2,1-4H3/p+1. The number of rotatable bonds is 0. The van der Waals surface area contributed by atoms with Crippen LogP contribution in [0, 0.1) is 0 Å². The van der Waals surface area contributed by atoms with Crippen LogP contribution < -0.4 is 0 Å². The number of amides is 2. The van der Waals surface area contributed by atoms with Gasteiger partial charge in [0, 0.05) is 0 Å². The zero-order valence-electron chi connectivity index (χ0n) is 9.98. The first-order valence-electron chi connectivity index (χ1n) is 5.05. The summed E-state index contributed by atoms with van der Waals surface area (Å²) in [5, 5.41) is 18.6. The largest absolute Gasteiger partial charge is 0.527 e. The molecule has 0 radical (unpaired) electrons. The molecule has 1 saturated heterocycles. The third-order valence-corrected chi connectivity index (χ3v) is 2.33. The second-order valence-electron chi connectivity index (χ2n) is 5.54. The van der Waals surface area contributed by atoms with Gasteiger partial charge in [-0.25, -0.2) is 0 Å². The Labute approximate surface area is 94.0 Å². The molecule has 6 heteroatoms. The van der Waals surface area contributed by atoms with Crippen molar-refractivity contribution < 1.29 is 29.0 Å². The molecular formula is C10H18NO5+. The Balaban J connectivity index is 2.83. The van der Waals surface area contributed by atoms with Crippen molar-refractivity contribution in [1.82, 2.24) is 0 Å². The summed E-state index contributed by atoms with van der Waals surface area (Å²) in [5.41, 5.74) is -1.85. The first-order valence-corrected chi connectivity index (χ1v) is 5.05. The number of carboxylic acid groups (broad SMARTS) is 1. The van der Waals surface area contributed by atoms with E-state index < -0.39 is 27.9 Å². The van der Waals surface area contributed by atoms with Gasteiger partial charge in [0.1, 0.15) is 18.7 Å². The van der Waals surface area contributed by atoms with Crippen LogP contribution in [0.2, 0.25) is 0 Å². The average Bonchev–Trinajstić information content (AvgIpc) is 1.94. The Hall–Kier alpha value is -1.14. The Kier molecular flexibility index (Phi) is 2.77. The van der Waals surface area contributed by atoms with Crippen molar-refractivity contribution in [2.45, 2.75) is 38.9 Å². The lowest BCUT2D eigenvalue weighted by Crippen LogP contribution is -2.77. The number of nitrogens with zero attached hydrogens (tertiary/aromatic N) is 1. The fourth-order valence-electron chi connectivity index (χ4n) is 1.81. The molecule has 0 aromatic rings. The topological polar surface area (TPSA) is 83.8 Å². The Morgan fingerprint density at radius 2 is 1.75 bits per heavy atom. The molecule has 1 heterocycles. The summed E-state index contributed by atoms with van der Waals surface area (Å²) in [6, 6.07) is 0. The van der Waals surface area contributed by atoms with Crippen molar-refractivity contribution in [2.75, 3.05) is 13.1 Å². The van der Waals surface area contributed by atoms with Crippen LogP contribution >= 0.6 is 0 Å². The lowest BCUT2D eigenvalue weighted by molar-refractivity contribution is -0.851. The Morgan fingerprint density at radius 3 is 2.00 bits per heavy atom. The minimum Gasteiger partial charge on any atom is -0.435 e. The number of likely N-dealkylation sites (tertiary alicyclic amines) is 1. The van der Waals surface area contributed by atoms with Gasteiger partial charge in [-0.3, -0.25) is 0 Å². The number of carbonyl (C=O) groups is 2. The molecule has 0 spiro atoms. The summed E-state index contributed by atoms with van der Waals surface area (Å²) in [5.74, 6) is 0. The second-order valence-corrected chi connectivity index (χ2v) is 5.54. The van der Waals surface area contributed by atoms with Crippen LogP contribution in [-0.2, 0) is 4.74 Å². The molecule has 0 atom stereocenters. The fourth-order valence-corrected chi connectivity index (χ4v) is 1.81. The SMILES string of the molecule is CC1(O)C[N+](C(=O)O)(C(=O)OC(C)(C)C)C1. The molecule has 0 aromatic carbocycles. The maximum atomic E-state index is 11.8. The van der Waals surface area contributed by atoms with E-state index in [0.29, 0.717) is 0 Å². The molecule has 0 aromatic heterocycles. The Bertz CT molecular complexity index is 321. The molecule has 1 fully saturated rings. The van der Waals surface area contributed by atoms with E-state index in [4.69, 9.17) is 9.84 Å². The van der Waals surface area contributed by atoms with Crippen LogP contribution in [-0.4, -0.2) is 51.2 Å². The van der Waals surface area contributed by atoms with Crippen molar-refractivity contribution in [2.24, 2.45) is 0 Å². The van der Waals surface area contributed by atoms with Gasteiger partial charge >= 0.3 is 12.2 Å². The smallest absolute Gasteiger partial charge is 0.435 e. The quantitative estimate of drug-likeness (QED) is 0.613. The summed E-state index contributed by atoms with van der Waals surface area (Å²) in [6.45, 7) is 6.19. The monoisotopic (exact) mass is 232 g/mol. The predicted molar refractivity (Wildman–Crippen MR) is 54.9 cm³/mol. The molecule has 2 N–H and O–H groups in total. The molecule has 1 aliphatic rings. The lowest BCUT2D eigenvalue weighted by atomic mass is 9.94. The molecule has 1 rings (SSSR count). The van der Waals surface area contributed by atoms with Gasteiger partial charge in [0.25, 0.3) is 0 Å². The fraction of sp³-hybridized carbons (Fsp3) is 0.800. The minimum atomic E-state index is -1.29. The third kappa shape index (κ3) is 2.33. The van der Waals surface area contributed by atoms with Crippen molar-refractivity contribution in [1.29, 1.82) is 0 Å². The van der Waals surface area contributed by atoms with Crippen LogP contribution in [0.1, 0.15) is 27.7 Å². The van der Waals surface area contributed by atoms with Gasteiger partial charge in [-0.2, -0.15) is 9.59 Å². The highest BCUT2D eigenvalue weighted by atomic mass is 16.6. The summed E-state index contributed by atoms with van der Waals surface area (Å²) >= 11 is 0. The van der Waals surface area contributed by atoms with Gasteiger partial charge in [0.2, 0.25) is 0 Å². The molecule has 16 heavy (non-hydrogen) atoms. The van der Waals surface area contributed by atoms with E-state index in [2.05, 4.69) is 0 Å². The van der Waals surface area contributed by atoms with E-state index in [-0.39, 0.29) is 13.1 Å². The van der Waals surface area contributed by atoms with Crippen molar-refractivity contribution in [3.63, 3.8) is 0 Å². The molecule has 2 amide bonds. The summed E-state index contributed by atoms with van der Waals surface area (Å²) in [6.07, 6.45) is -2.12. The van der Waals surface area contributed by atoms with E-state index >= 15 is 0 Å². The van der Waals surface area contributed by atoms with Gasteiger partial charge < -0.3 is 14.9 Å². The normalized spacial score (nSPS) is 34.1. The Morgan fingerprint density at radius 1 is 1.31 bits per heavy atom. The minimum absolute atomic E-state index is 0.156. The average molecular weight is 232 g/mol. The van der Waals surface area contributed by atoms with E-state index in [1.807, 2.05) is 0 Å². The van der Waals surface area contributed by atoms with Gasteiger partial charge in [-0.15, -0.1) is 4.48 Å². The van der Waals surface area contributed by atoms with Gasteiger partial charge in [0.05, 0.1) is 0 Å². The number of quaternary nitrogens is 1. The number of imide groups is 1. The highest BCUT2D eigenvalue weighted by Crippen LogP contribution is 2.32. The first kappa shape index (κ1) is 12.9. The highest BCUT2D eigenvalue weighted by Gasteiger charge is 2.64. The second kappa shape index (κ2) is 3.43. The molecular weight excluding hydrogens is 214 g/mol. The lowest BCUT2D eigenvalue weighted by Gasteiger charge is -2.46. The first-order chi connectivity index (χ1) is 6.99. The van der Waals surface area contributed by atoms with Crippen LogP contribution in [0.3, 0.4) is 0 Å². The molecule has 6 nitrogen and oxygen atoms in total. The van der Waals surface area contributed by atoms with Crippen LogP contribution in [0.4, 0.5) is 9.59 Å². The van der Waals surface area contributed by atoms with Crippen molar-refractivity contribution in [3.05, 3.63) is 0 Å². The molecule has 1 aliphatic heterocycles. The highest BCUT2D eigenvalue weighted by molar-refractivity contribution is 5.76. The van der Waals surface area contributed by atoms with Crippen LogP contribution in [0.15, 0.2) is 0 Å². The van der Waals surface area contributed by atoms with Crippen LogP contribution in [0.5, 0.6) is 0 Å². The number of carbonyl (C=O) groups excluding carboxylic acids is 1. The summed E-state index contributed by atoms with van der Waals surface area (Å²) in [4.78, 5) is 22.8. The molecule has 92 valence electrons. The van der Waals surface area contributed by atoms with E-state index in [0.717, 1.165) is 0 Å². The number of ether oxygens (including phenoxy) is 1. The zero-order valence-corrected chi connectivity index (χ0v) is 9.98. The molecule has 0 aliphatic carbocycles. The summed E-state index contributed by atoms with van der Waals surface area (Å²) < 4.78 is 4.18. The zero-order chi connectivity index (χ0) is 12.8. The van der Waals surface area contributed by atoms with Gasteiger partial charge in [-0.1, -0.05) is 0 Å². The van der Waals surface area contributed by atoms with Crippen LogP contribution in [0.25, 0.3) is 0 Å². The number of hydrogen-bond donors (Lipinski definition) is 2. The number of hydrogen-bond acceptors (Lipinski definition) is 4. The predicted octanol–water partition coefficient (Wildman–Crippen LogP) is 1.18. The van der Waals surface area contributed by atoms with Gasteiger partial charge in [0.15, 0.2) is 5.60 Å². The van der Waals surface area contributed by atoms with E-state index in [1.165, 1.54) is 6.92 Å². The molecule has 0 bridgehead atoms. The van der Waals surface area contributed by atoms with E-state index in [9.17, 15) is 14.7 Å². The van der Waals surface area contributed by atoms with Crippen molar-refractivity contribution >= 4 is 12.2 Å². The van der Waals surface area contributed by atoms with Gasteiger partial charge in [-0.05, 0) is 27.7 Å². The molecule has 0 unspecified atom stereocenters. The summed E-state index contributed by atoms with van der Waals surface area (Å²) in [7, 11) is 0. The molecule has 0 saturated carbocycles. The maximum absolute atomic E-state index is 11.8. The maximum Gasteiger partial charge on any atom is 0.527 e. The van der Waals surface area contributed by atoms with E-state index in [1.54, 1.807) is 20.8 Å². The van der Waals surface area contributed by atoms with Crippen molar-refractivity contribution in [3.8, 4) is 0 Å². The number of aliphatic hydroxyl groups is 1.